The number of nitrogens with one attached hydrogen (secondary N) is 1. The quantitative estimate of drug-likeness (QED) is 0.650. The van der Waals surface area contributed by atoms with Gasteiger partial charge in [0.2, 0.25) is 0 Å². The molecule has 0 aromatic heterocycles. The molecule has 1 N–H and O–H groups in total. The molecular formula is C14H30N2. The Labute approximate surface area is 102 Å². The molecule has 0 saturated heterocycles. The van der Waals surface area contributed by atoms with Crippen LogP contribution in [-0.4, -0.2) is 37.6 Å². The Morgan fingerprint density at radius 2 is 2.00 bits per heavy atom. The number of nitrogens with zero attached hydrogens (tertiary/aromatic N) is 1. The molecule has 1 aliphatic rings. The second kappa shape index (κ2) is 7.29. The predicted octanol–water partition coefficient (Wildman–Crippen LogP) is 2.74. The first-order valence-corrected chi connectivity index (χ1v) is 7.09. The molecule has 2 nitrogen and oxygen atoms in total. The zero-order chi connectivity index (χ0) is 12.0. The largest absolute Gasteiger partial charge is 0.312 e. The van der Waals surface area contributed by atoms with E-state index >= 15 is 0 Å². The van der Waals surface area contributed by atoms with Crippen molar-refractivity contribution in [3.63, 3.8) is 0 Å². The highest BCUT2D eigenvalue weighted by atomic mass is 15.1. The van der Waals surface area contributed by atoms with Crippen molar-refractivity contribution in [2.75, 3.05) is 26.7 Å². The Bertz CT molecular complexity index is 178. The molecule has 0 amide bonds. The zero-order valence-electron chi connectivity index (χ0n) is 11.6. The lowest BCUT2D eigenvalue weighted by molar-refractivity contribution is 0.238. The molecule has 0 spiro atoms. The summed E-state index contributed by atoms with van der Waals surface area (Å²) in [5, 5.41) is 3.70. The third-order valence-electron chi connectivity index (χ3n) is 3.76. The predicted molar refractivity (Wildman–Crippen MR) is 71.8 cm³/mol. The molecule has 2 atom stereocenters. The molecular weight excluding hydrogens is 196 g/mol. The standard InChI is InChI=1S/C14H30N2/c1-5-9-15-14(12(3)6-2)11-16(4)10-13-7-8-13/h12-15H,5-11H2,1-4H3. The van der Waals surface area contributed by atoms with Gasteiger partial charge in [0.15, 0.2) is 0 Å². The Kier molecular flexibility index (Phi) is 6.37. The van der Waals surface area contributed by atoms with E-state index in [0.29, 0.717) is 6.04 Å². The Balaban J connectivity index is 2.28. The van der Waals surface area contributed by atoms with Crippen molar-refractivity contribution >= 4 is 0 Å². The summed E-state index contributed by atoms with van der Waals surface area (Å²) in [7, 11) is 2.28. The first-order chi connectivity index (χ1) is 7.67. The van der Waals surface area contributed by atoms with E-state index in [9.17, 15) is 0 Å². The van der Waals surface area contributed by atoms with E-state index in [0.717, 1.165) is 18.4 Å². The molecule has 2 unspecified atom stereocenters. The van der Waals surface area contributed by atoms with Gasteiger partial charge in [-0.1, -0.05) is 27.2 Å². The lowest BCUT2D eigenvalue weighted by Crippen LogP contribution is -2.44. The van der Waals surface area contributed by atoms with Gasteiger partial charge in [0.05, 0.1) is 0 Å². The second-order valence-electron chi connectivity index (χ2n) is 5.61. The van der Waals surface area contributed by atoms with Gasteiger partial charge in [0.25, 0.3) is 0 Å². The molecule has 0 aromatic carbocycles. The summed E-state index contributed by atoms with van der Waals surface area (Å²) in [5.74, 6) is 1.79. The summed E-state index contributed by atoms with van der Waals surface area (Å²) < 4.78 is 0. The van der Waals surface area contributed by atoms with Crippen LogP contribution in [-0.2, 0) is 0 Å². The smallest absolute Gasteiger partial charge is 0.0220 e. The molecule has 1 rings (SSSR count). The SMILES string of the molecule is CCCNC(CN(C)CC1CC1)C(C)CC. The van der Waals surface area contributed by atoms with Gasteiger partial charge in [0.1, 0.15) is 0 Å². The van der Waals surface area contributed by atoms with E-state index in [2.05, 4.69) is 38.0 Å². The second-order valence-corrected chi connectivity index (χ2v) is 5.61. The first-order valence-electron chi connectivity index (χ1n) is 7.09. The van der Waals surface area contributed by atoms with Crippen LogP contribution < -0.4 is 5.32 Å². The van der Waals surface area contributed by atoms with Crippen molar-refractivity contribution in [1.29, 1.82) is 0 Å². The molecule has 0 aromatic rings. The Hall–Kier alpha value is -0.0800. The topological polar surface area (TPSA) is 15.3 Å². The monoisotopic (exact) mass is 226 g/mol. The van der Waals surface area contributed by atoms with Gasteiger partial charge in [-0.15, -0.1) is 0 Å². The molecule has 1 aliphatic carbocycles. The van der Waals surface area contributed by atoms with Crippen molar-refractivity contribution in [2.45, 2.75) is 52.5 Å². The van der Waals surface area contributed by atoms with Crippen LogP contribution in [0.2, 0.25) is 0 Å². The highest BCUT2D eigenvalue weighted by molar-refractivity contribution is 4.80. The first kappa shape index (κ1) is 14.0. The van der Waals surface area contributed by atoms with Gasteiger partial charge in [-0.2, -0.15) is 0 Å². The zero-order valence-corrected chi connectivity index (χ0v) is 11.6. The average molecular weight is 226 g/mol. The fourth-order valence-electron chi connectivity index (χ4n) is 2.21. The minimum atomic E-state index is 0.675. The maximum Gasteiger partial charge on any atom is 0.0220 e. The van der Waals surface area contributed by atoms with Gasteiger partial charge >= 0.3 is 0 Å². The third kappa shape index (κ3) is 5.31. The van der Waals surface area contributed by atoms with Gasteiger partial charge in [-0.3, -0.25) is 0 Å². The molecule has 0 bridgehead atoms. The van der Waals surface area contributed by atoms with E-state index in [1.54, 1.807) is 0 Å². The molecule has 0 radical (unpaired) electrons. The van der Waals surface area contributed by atoms with Crippen LogP contribution in [0, 0.1) is 11.8 Å². The van der Waals surface area contributed by atoms with Crippen molar-refractivity contribution in [3.05, 3.63) is 0 Å². The average Bonchev–Trinajstić information content (AvgIpc) is 3.06. The van der Waals surface area contributed by atoms with Crippen molar-refractivity contribution < 1.29 is 0 Å². The van der Waals surface area contributed by atoms with Crippen LogP contribution in [0.25, 0.3) is 0 Å². The lowest BCUT2D eigenvalue weighted by Gasteiger charge is -2.29. The van der Waals surface area contributed by atoms with E-state index in [-0.39, 0.29) is 0 Å². The van der Waals surface area contributed by atoms with E-state index in [1.165, 1.54) is 38.8 Å². The molecule has 1 saturated carbocycles. The third-order valence-corrected chi connectivity index (χ3v) is 3.76. The van der Waals surface area contributed by atoms with E-state index < -0.39 is 0 Å². The molecule has 16 heavy (non-hydrogen) atoms. The van der Waals surface area contributed by atoms with Crippen LogP contribution in [0.4, 0.5) is 0 Å². The normalized spacial score (nSPS) is 20.1. The molecule has 0 aliphatic heterocycles. The van der Waals surface area contributed by atoms with Crippen LogP contribution in [0.1, 0.15) is 46.5 Å². The summed E-state index contributed by atoms with van der Waals surface area (Å²) >= 11 is 0. The Morgan fingerprint density at radius 1 is 1.31 bits per heavy atom. The number of likely N-dealkylation sites (N-methyl/N-ethyl adjacent to an activating group) is 1. The maximum absolute atomic E-state index is 3.70. The van der Waals surface area contributed by atoms with Gasteiger partial charge in [-0.25, -0.2) is 0 Å². The van der Waals surface area contributed by atoms with Crippen LogP contribution in [0.5, 0.6) is 0 Å². The number of rotatable bonds is 9. The van der Waals surface area contributed by atoms with Crippen molar-refractivity contribution in [3.8, 4) is 0 Å². The summed E-state index contributed by atoms with van der Waals surface area (Å²) in [6, 6.07) is 0.675. The minimum Gasteiger partial charge on any atom is -0.312 e. The minimum absolute atomic E-state index is 0.675. The Morgan fingerprint density at radius 3 is 2.50 bits per heavy atom. The fourth-order valence-corrected chi connectivity index (χ4v) is 2.21. The van der Waals surface area contributed by atoms with Gasteiger partial charge in [0, 0.05) is 19.1 Å². The molecule has 0 heterocycles. The fraction of sp³-hybridized carbons (Fsp3) is 1.00. The lowest BCUT2D eigenvalue weighted by atomic mass is 9.98. The van der Waals surface area contributed by atoms with Crippen molar-refractivity contribution in [2.24, 2.45) is 11.8 Å². The molecule has 96 valence electrons. The summed E-state index contributed by atoms with van der Waals surface area (Å²) in [6.45, 7) is 10.6. The highest BCUT2D eigenvalue weighted by Crippen LogP contribution is 2.29. The maximum atomic E-state index is 3.70. The van der Waals surface area contributed by atoms with Crippen LogP contribution in [0.15, 0.2) is 0 Å². The molecule has 2 heteroatoms. The van der Waals surface area contributed by atoms with Gasteiger partial charge < -0.3 is 10.2 Å². The van der Waals surface area contributed by atoms with Crippen LogP contribution >= 0.6 is 0 Å². The number of hydrogen-bond acceptors (Lipinski definition) is 2. The molecule has 1 fully saturated rings. The van der Waals surface area contributed by atoms with E-state index in [1.807, 2.05) is 0 Å². The summed E-state index contributed by atoms with van der Waals surface area (Å²) in [6.07, 6.45) is 5.43. The van der Waals surface area contributed by atoms with Gasteiger partial charge in [-0.05, 0) is 44.7 Å². The van der Waals surface area contributed by atoms with Crippen molar-refractivity contribution in [1.82, 2.24) is 10.2 Å². The van der Waals surface area contributed by atoms with E-state index in [4.69, 9.17) is 0 Å². The summed E-state index contributed by atoms with van der Waals surface area (Å²) in [4.78, 5) is 2.52. The highest BCUT2D eigenvalue weighted by Gasteiger charge is 2.24. The number of hydrogen-bond donors (Lipinski definition) is 1. The van der Waals surface area contributed by atoms with Crippen LogP contribution in [0.3, 0.4) is 0 Å². The summed E-state index contributed by atoms with van der Waals surface area (Å²) in [5.41, 5.74) is 0.